The quantitative estimate of drug-likeness (QED) is 0.145. The van der Waals surface area contributed by atoms with Crippen molar-refractivity contribution in [2.45, 2.75) is 38.8 Å². The molecule has 0 amide bonds. The Hall–Kier alpha value is -4.48. The first-order valence-electron chi connectivity index (χ1n) is 13.2. The van der Waals surface area contributed by atoms with Crippen LogP contribution in [0.4, 0.5) is 0 Å². The van der Waals surface area contributed by atoms with Crippen molar-refractivity contribution in [1.82, 2.24) is 19.1 Å². The van der Waals surface area contributed by atoms with Crippen LogP contribution in [0.3, 0.4) is 0 Å². The van der Waals surface area contributed by atoms with E-state index in [0.717, 1.165) is 0 Å². The number of halogens is 2. The van der Waals surface area contributed by atoms with E-state index in [-0.39, 0.29) is 43.4 Å². The van der Waals surface area contributed by atoms with Crippen LogP contribution in [0.5, 0.6) is 17.6 Å². The van der Waals surface area contributed by atoms with Crippen molar-refractivity contribution in [1.29, 1.82) is 0 Å². The summed E-state index contributed by atoms with van der Waals surface area (Å²) in [4.78, 5) is 39.4. The van der Waals surface area contributed by atoms with E-state index >= 15 is 0 Å². The molecule has 1 saturated heterocycles. The first-order valence-corrected chi connectivity index (χ1v) is 14.0. The Morgan fingerprint density at radius 1 is 1.11 bits per heavy atom. The molecule has 18 heteroatoms. The van der Waals surface area contributed by atoms with E-state index in [1.54, 1.807) is 61.2 Å². The number of hydrogen-bond acceptors (Lipinski definition) is 11. The van der Waals surface area contributed by atoms with Gasteiger partial charge >= 0.3 is 10.2 Å². The Kier molecular flexibility index (Phi) is 10.5. The molecule has 3 heterocycles. The summed E-state index contributed by atoms with van der Waals surface area (Å²) in [5.41, 5.74) is 1.17. The molecule has 0 radical (unpaired) electrons. The van der Waals surface area contributed by atoms with Crippen LogP contribution in [0.15, 0.2) is 61.2 Å². The molecule has 45 heavy (non-hydrogen) atoms. The van der Waals surface area contributed by atoms with Crippen LogP contribution in [0.1, 0.15) is 19.4 Å². The Labute approximate surface area is 265 Å². The van der Waals surface area contributed by atoms with E-state index in [0.29, 0.717) is 26.9 Å². The van der Waals surface area contributed by atoms with Crippen molar-refractivity contribution in [3.05, 3.63) is 97.0 Å². The summed E-state index contributed by atoms with van der Waals surface area (Å²) in [6, 6.07) is 11.1. The third kappa shape index (κ3) is 7.79. The zero-order valence-electron chi connectivity index (χ0n) is 23.9. The third-order valence-corrected chi connectivity index (χ3v) is 7.03. The molecular weight excluding hydrogens is 639 g/mol. The van der Waals surface area contributed by atoms with E-state index in [1.165, 1.54) is 4.57 Å². The molecule has 0 bridgehead atoms. The van der Waals surface area contributed by atoms with Crippen LogP contribution in [-0.2, 0) is 28.4 Å². The number of aromatic nitrogens is 4. The van der Waals surface area contributed by atoms with Gasteiger partial charge in [0.05, 0.1) is 24.5 Å². The highest BCUT2D eigenvalue weighted by Crippen LogP contribution is 2.41. The highest BCUT2D eigenvalue weighted by molar-refractivity contribution is 6.35. The summed E-state index contributed by atoms with van der Waals surface area (Å²) in [5, 5.41) is 21.0. The summed E-state index contributed by atoms with van der Waals surface area (Å²) in [6.07, 6.45) is 4.60. The van der Waals surface area contributed by atoms with Crippen LogP contribution in [0, 0.1) is 26.1 Å². The monoisotopic (exact) mass is 666 g/mol. The average Bonchev–Trinajstić information content (AvgIpc) is 3.68. The minimum Gasteiger partial charge on any atom is -0.491 e. The van der Waals surface area contributed by atoms with E-state index in [1.807, 2.05) is 18.4 Å². The highest BCUT2D eigenvalue weighted by Gasteiger charge is 2.45. The van der Waals surface area contributed by atoms with Crippen LogP contribution in [0.25, 0.3) is 11.3 Å². The summed E-state index contributed by atoms with van der Waals surface area (Å²) in [6.45, 7) is 4.55. The Morgan fingerprint density at radius 2 is 1.84 bits per heavy atom. The first kappa shape index (κ1) is 33.4. The summed E-state index contributed by atoms with van der Waals surface area (Å²) < 4.78 is 21.8. The normalized spacial score (nSPS) is 17.6. The molecule has 4 aromatic rings. The van der Waals surface area contributed by atoms with Gasteiger partial charge in [-0.3, -0.25) is 4.84 Å². The van der Waals surface area contributed by atoms with Gasteiger partial charge in [-0.15, -0.1) is 20.2 Å². The lowest BCUT2D eigenvalue weighted by atomic mass is 10.1. The van der Waals surface area contributed by atoms with Gasteiger partial charge < -0.3 is 28.8 Å². The lowest BCUT2D eigenvalue weighted by Crippen LogP contribution is -2.34. The van der Waals surface area contributed by atoms with E-state index in [4.69, 9.17) is 37.4 Å². The maximum Gasteiger partial charge on any atom is 0.302 e. The predicted molar refractivity (Wildman–Crippen MR) is 158 cm³/mol. The van der Waals surface area contributed by atoms with Crippen molar-refractivity contribution < 1.29 is 39.5 Å². The summed E-state index contributed by atoms with van der Waals surface area (Å²) in [7, 11) is 0. The second kappa shape index (κ2) is 14.1. The maximum absolute atomic E-state index is 11.1. The molecule has 1 fully saturated rings. The van der Waals surface area contributed by atoms with Gasteiger partial charge in [0.1, 0.15) is 24.2 Å². The first-order chi connectivity index (χ1) is 21.0. The molecule has 0 spiro atoms. The lowest BCUT2D eigenvalue weighted by Gasteiger charge is -2.30. The smallest absolute Gasteiger partial charge is 0.302 e. The largest absolute Gasteiger partial charge is 0.491 e. The zero-order chi connectivity index (χ0) is 31.4. The Balaban J connectivity index is 0.00000461. The predicted octanol–water partition coefficient (Wildman–Crippen LogP) is 4.37. The van der Waals surface area contributed by atoms with Crippen LogP contribution >= 0.6 is 23.2 Å². The van der Waals surface area contributed by atoms with Crippen LogP contribution < -0.4 is 14.4 Å². The maximum atomic E-state index is 11.1. The van der Waals surface area contributed by atoms with E-state index in [9.17, 15) is 20.2 Å². The second-order valence-electron chi connectivity index (χ2n) is 10.2. The molecule has 5 rings (SSSR count). The second-order valence-corrected chi connectivity index (χ2v) is 11.0. The fourth-order valence-electron chi connectivity index (χ4n) is 4.77. The molecule has 1 aliphatic heterocycles. The van der Waals surface area contributed by atoms with Gasteiger partial charge in [0.15, 0.2) is 0 Å². The van der Waals surface area contributed by atoms with Crippen LogP contribution in [-0.4, -0.2) is 54.1 Å². The number of nitrogens with zero attached hydrogens (tertiary/aromatic N) is 6. The molecule has 2 unspecified atom stereocenters. The number of benzene rings is 2. The zero-order valence-corrected chi connectivity index (χ0v) is 25.4. The van der Waals surface area contributed by atoms with Crippen molar-refractivity contribution in [2.24, 2.45) is 5.92 Å². The molecule has 1 aliphatic rings. The number of hydrogen-bond donors (Lipinski definition) is 0. The molecule has 2 N–H and O–H groups in total. The SMILES string of the molecule is CC(C)Cn1c(O[N+](=O)[O-])nc(O[N+](=O)[O-])c1-c1ccc(OCC2COC(Cn3ccnc3)(c3ccc(Cl)cc3Cl)O2)cc1.O. The Morgan fingerprint density at radius 3 is 2.47 bits per heavy atom. The Bertz CT molecular complexity index is 1630. The summed E-state index contributed by atoms with van der Waals surface area (Å²) in [5.74, 6) is -1.22. The summed E-state index contributed by atoms with van der Waals surface area (Å²) >= 11 is 12.6. The molecule has 240 valence electrons. The highest BCUT2D eigenvalue weighted by atomic mass is 35.5. The molecular formula is C27H28Cl2N6O10. The van der Waals surface area contributed by atoms with Crippen molar-refractivity contribution in [3.8, 4) is 28.9 Å². The molecule has 0 aliphatic carbocycles. The average molecular weight is 667 g/mol. The number of imidazole rings is 2. The molecule has 16 nitrogen and oxygen atoms in total. The van der Waals surface area contributed by atoms with Gasteiger partial charge in [0, 0.05) is 35.1 Å². The van der Waals surface area contributed by atoms with Crippen molar-refractivity contribution in [2.75, 3.05) is 13.2 Å². The van der Waals surface area contributed by atoms with Gasteiger partial charge in [-0.2, -0.15) is 4.98 Å². The molecule has 0 saturated carbocycles. The van der Waals surface area contributed by atoms with Crippen molar-refractivity contribution >= 4 is 23.2 Å². The van der Waals surface area contributed by atoms with Crippen molar-refractivity contribution in [3.63, 3.8) is 0 Å². The third-order valence-electron chi connectivity index (χ3n) is 6.48. The molecule has 2 atom stereocenters. The topological polar surface area (TPSA) is 200 Å². The van der Waals surface area contributed by atoms with Gasteiger partial charge in [0.2, 0.25) is 11.7 Å². The number of ether oxygens (including phenoxy) is 3. The van der Waals surface area contributed by atoms with Gasteiger partial charge in [-0.1, -0.05) is 43.1 Å². The lowest BCUT2D eigenvalue weighted by molar-refractivity contribution is -0.715. The van der Waals surface area contributed by atoms with Gasteiger partial charge in [-0.25, -0.2) is 9.82 Å². The standard InChI is InChI=1S/C27H26Cl2N6O9.H2O/c1-17(2)12-33-24(25(43-34(36)37)31-26(33)44-35(38)39)18-3-6-20(7-4-18)40-13-21-14-41-27(42-21,15-32-10-9-30-16-32)22-8-5-19(28)11-23(22)29;/h3-11,16-17,21H,12-15H2,1-2H3;1H2. The van der Waals surface area contributed by atoms with E-state index < -0.39 is 34.0 Å². The fourth-order valence-corrected chi connectivity index (χ4v) is 5.32. The van der Waals surface area contributed by atoms with Gasteiger partial charge in [-0.05, 0) is 42.3 Å². The number of rotatable bonds is 13. The minimum atomic E-state index is -1.22. The fraction of sp³-hybridized carbons (Fsp3) is 0.333. The van der Waals surface area contributed by atoms with Crippen LogP contribution in [0.2, 0.25) is 10.0 Å². The molecule has 2 aromatic carbocycles. The van der Waals surface area contributed by atoms with E-state index in [2.05, 4.69) is 19.6 Å². The molecule has 2 aromatic heterocycles. The minimum absolute atomic E-state index is 0. The van der Waals surface area contributed by atoms with Gasteiger partial charge in [0.25, 0.3) is 6.01 Å².